The third kappa shape index (κ3) is 7.26. The van der Waals surface area contributed by atoms with Gasteiger partial charge in [-0.2, -0.15) is 0 Å². The average Bonchev–Trinajstić information content (AvgIpc) is 3.48. The standard InChI is InChI=1S/C48H71NO8/c1-29(2)31-16-23-48(22-15-30-19-26-49(28-32(30)39(51)52)41(55)57-42(3,4)5)25-24-46(11)33(38(31)48)13-14-35-45(10)20-18-36(56-37(50)27-43(6,7)40(53)54)44(8,9)34(45)17-21-47(35,46)12/h31,33-36,38H,1,13-14,16-21,23-28H2,2-12H3,(H,51,52)(H,53,54)/t31-,33?,34?,35?,36-,38?,45-,46+,47?,48+/m0/s1. The Morgan fingerprint density at radius 1 is 0.860 bits per heavy atom. The Morgan fingerprint density at radius 3 is 2.16 bits per heavy atom. The fraction of sp³-hybridized carbons (Fsp3) is 0.792. The maximum Gasteiger partial charge on any atom is 0.410 e. The van der Waals surface area contributed by atoms with Crippen LogP contribution in [0.2, 0.25) is 0 Å². The summed E-state index contributed by atoms with van der Waals surface area (Å²) in [7, 11) is 0. The van der Waals surface area contributed by atoms with Gasteiger partial charge in [-0.25, -0.2) is 9.59 Å². The number of carbonyl (C=O) groups excluding carboxylic acids is 2. The summed E-state index contributed by atoms with van der Waals surface area (Å²) in [5.41, 5.74) is 0.0602. The second-order valence-corrected chi connectivity index (χ2v) is 22.2. The highest BCUT2D eigenvalue weighted by Gasteiger charge is 2.71. The summed E-state index contributed by atoms with van der Waals surface area (Å²) in [6.45, 7) is 28.0. The van der Waals surface area contributed by atoms with Crippen LogP contribution in [-0.4, -0.2) is 63.9 Å². The van der Waals surface area contributed by atoms with Gasteiger partial charge in [-0.05, 0) is 158 Å². The zero-order chi connectivity index (χ0) is 42.3. The van der Waals surface area contributed by atoms with E-state index in [9.17, 15) is 29.4 Å². The number of carboxylic acid groups (broad SMARTS) is 2. The van der Waals surface area contributed by atoms with Crippen LogP contribution < -0.4 is 0 Å². The quantitative estimate of drug-likeness (QED) is 0.155. The number of hydrogen-bond acceptors (Lipinski definition) is 6. The summed E-state index contributed by atoms with van der Waals surface area (Å²) in [6, 6.07) is 0. The average molecular weight is 790 g/mol. The molecule has 0 radical (unpaired) electrons. The van der Waals surface area contributed by atoms with Crippen molar-refractivity contribution in [2.75, 3.05) is 13.1 Å². The van der Waals surface area contributed by atoms with Crippen LogP contribution in [0.3, 0.4) is 0 Å². The molecule has 5 aliphatic carbocycles. The highest BCUT2D eigenvalue weighted by atomic mass is 16.6. The molecule has 57 heavy (non-hydrogen) atoms. The number of rotatable bonds is 6. The van der Waals surface area contributed by atoms with Crippen molar-refractivity contribution < 1.29 is 38.9 Å². The van der Waals surface area contributed by atoms with Crippen molar-refractivity contribution in [1.29, 1.82) is 0 Å². The van der Waals surface area contributed by atoms with Gasteiger partial charge in [0.05, 0.1) is 24.0 Å². The first-order valence-corrected chi connectivity index (χ1v) is 21.8. The second kappa shape index (κ2) is 14.5. The van der Waals surface area contributed by atoms with Crippen molar-refractivity contribution in [3.63, 3.8) is 0 Å². The molecule has 9 heteroatoms. The molecule has 2 N–H and O–H groups in total. The van der Waals surface area contributed by atoms with Crippen LogP contribution in [0.1, 0.15) is 153 Å². The van der Waals surface area contributed by atoms with Crippen LogP contribution in [0.5, 0.6) is 0 Å². The maximum atomic E-state index is 13.1. The molecule has 316 valence electrons. The lowest BCUT2D eigenvalue weighted by molar-refractivity contribution is -0.247. The zero-order valence-electron chi connectivity index (χ0n) is 36.9. The predicted molar refractivity (Wildman–Crippen MR) is 220 cm³/mol. The Kier molecular flexibility index (Phi) is 11.0. The second-order valence-electron chi connectivity index (χ2n) is 22.2. The number of fused-ring (bicyclic) bond motifs is 7. The van der Waals surface area contributed by atoms with E-state index in [0.717, 1.165) is 64.2 Å². The molecule has 6 aliphatic rings. The van der Waals surface area contributed by atoms with E-state index in [1.807, 2.05) is 20.8 Å². The Bertz CT molecular complexity index is 1790. The molecule has 1 amide bonds. The van der Waals surface area contributed by atoms with Crippen molar-refractivity contribution in [2.24, 2.45) is 62.1 Å². The minimum Gasteiger partial charge on any atom is -0.481 e. The van der Waals surface area contributed by atoms with E-state index < -0.39 is 35.0 Å². The smallest absolute Gasteiger partial charge is 0.410 e. The van der Waals surface area contributed by atoms with E-state index in [4.69, 9.17) is 9.47 Å². The Morgan fingerprint density at radius 2 is 1.54 bits per heavy atom. The van der Waals surface area contributed by atoms with Gasteiger partial charge >= 0.3 is 24.0 Å². The number of carbonyl (C=O) groups is 4. The highest BCUT2D eigenvalue weighted by molar-refractivity contribution is 5.90. The first-order chi connectivity index (χ1) is 26.2. The molecule has 10 atom stereocenters. The number of amides is 1. The predicted octanol–water partition coefficient (Wildman–Crippen LogP) is 10.1. The summed E-state index contributed by atoms with van der Waals surface area (Å²) in [4.78, 5) is 51.9. The lowest BCUT2D eigenvalue weighted by Crippen LogP contribution is -2.66. The van der Waals surface area contributed by atoms with Crippen LogP contribution in [0.25, 0.3) is 0 Å². The molecule has 0 bridgehead atoms. The number of carboxylic acids is 2. The molecule has 6 rings (SSSR count). The lowest BCUT2D eigenvalue weighted by Gasteiger charge is -2.72. The maximum absolute atomic E-state index is 13.1. The number of nitrogens with zero attached hydrogens (tertiary/aromatic N) is 1. The van der Waals surface area contributed by atoms with Crippen LogP contribution in [-0.2, 0) is 23.9 Å². The fourth-order valence-electron chi connectivity index (χ4n) is 14.0. The van der Waals surface area contributed by atoms with Gasteiger partial charge in [0, 0.05) is 22.9 Å². The molecular weight excluding hydrogens is 719 g/mol. The highest BCUT2D eigenvalue weighted by Crippen LogP contribution is 2.77. The monoisotopic (exact) mass is 790 g/mol. The van der Waals surface area contributed by atoms with Crippen LogP contribution in [0, 0.1) is 73.9 Å². The number of ether oxygens (including phenoxy) is 2. The first kappa shape index (κ1) is 43.3. The number of hydrogen-bond donors (Lipinski definition) is 2. The van der Waals surface area contributed by atoms with Gasteiger partial charge < -0.3 is 24.6 Å². The Hall–Kier alpha value is -3.28. The van der Waals surface area contributed by atoms with E-state index in [1.54, 1.807) is 13.8 Å². The molecule has 0 saturated heterocycles. The minimum absolute atomic E-state index is 0.0117. The summed E-state index contributed by atoms with van der Waals surface area (Å²) in [6.07, 6.45) is 9.88. The van der Waals surface area contributed by atoms with Gasteiger partial charge in [0.2, 0.25) is 0 Å². The molecule has 0 aromatic heterocycles. The van der Waals surface area contributed by atoms with Gasteiger partial charge in [-0.1, -0.05) is 58.6 Å². The van der Waals surface area contributed by atoms with E-state index in [2.05, 4.69) is 60.0 Å². The SMILES string of the molecule is C=C(C)[C@@H]1CC[C@]2(C#CC3=C(C(=O)O)CN(C(=O)OC(C)(C)C)CC3)CC[C@]3(C)C(CCC4C3(C)CCC3C(C)(C)[C@@H](OC(=O)CC(C)(C)C(=O)O)CC[C@@]34C)C12. The molecule has 5 saturated carbocycles. The topological polar surface area (TPSA) is 130 Å². The van der Waals surface area contributed by atoms with E-state index >= 15 is 0 Å². The van der Waals surface area contributed by atoms with Gasteiger partial charge in [0.1, 0.15) is 11.7 Å². The molecule has 0 aromatic rings. The van der Waals surface area contributed by atoms with Crippen LogP contribution in [0.4, 0.5) is 4.79 Å². The molecular formula is C48H71NO8. The van der Waals surface area contributed by atoms with Gasteiger partial charge in [0.15, 0.2) is 0 Å². The van der Waals surface area contributed by atoms with Crippen LogP contribution in [0.15, 0.2) is 23.3 Å². The molecule has 1 aliphatic heterocycles. The van der Waals surface area contributed by atoms with E-state index in [1.165, 1.54) is 10.5 Å². The molecule has 1 heterocycles. The lowest BCUT2D eigenvalue weighted by atomic mass is 9.32. The third-order valence-corrected chi connectivity index (χ3v) is 17.2. The largest absolute Gasteiger partial charge is 0.481 e. The Balaban J connectivity index is 1.27. The molecule has 5 unspecified atom stereocenters. The third-order valence-electron chi connectivity index (χ3n) is 17.2. The number of allylic oxidation sites excluding steroid dienone is 1. The molecule has 0 aromatic carbocycles. The van der Waals surface area contributed by atoms with Crippen LogP contribution >= 0.6 is 0 Å². The molecule has 0 spiro atoms. The van der Waals surface area contributed by atoms with Crippen molar-refractivity contribution in [3.05, 3.63) is 23.3 Å². The van der Waals surface area contributed by atoms with Crippen molar-refractivity contribution in [3.8, 4) is 11.8 Å². The van der Waals surface area contributed by atoms with E-state index in [0.29, 0.717) is 48.1 Å². The van der Waals surface area contributed by atoms with Crippen molar-refractivity contribution in [2.45, 2.75) is 165 Å². The van der Waals surface area contributed by atoms with E-state index in [-0.39, 0.29) is 51.7 Å². The summed E-state index contributed by atoms with van der Waals surface area (Å²) in [5.74, 6) is 6.97. The number of esters is 1. The zero-order valence-corrected chi connectivity index (χ0v) is 36.9. The Labute approximate surface area is 342 Å². The molecule has 9 nitrogen and oxygen atoms in total. The first-order valence-electron chi connectivity index (χ1n) is 21.8. The number of aliphatic carboxylic acids is 2. The van der Waals surface area contributed by atoms with Gasteiger partial charge in [-0.15, -0.1) is 0 Å². The van der Waals surface area contributed by atoms with Crippen molar-refractivity contribution in [1.82, 2.24) is 4.90 Å². The summed E-state index contributed by atoms with van der Waals surface area (Å²) < 4.78 is 11.8. The summed E-state index contributed by atoms with van der Waals surface area (Å²) in [5, 5.41) is 19.9. The summed E-state index contributed by atoms with van der Waals surface area (Å²) >= 11 is 0. The minimum atomic E-state index is -1.17. The molecule has 5 fully saturated rings. The van der Waals surface area contributed by atoms with Gasteiger partial charge in [-0.3, -0.25) is 9.59 Å². The van der Waals surface area contributed by atoms with Crippen molar-refractivity contribution >= 4 is 24.0 Å². The fourth-order valence-corrected chi connectivity index (χ4v) is 14.0. The van der Waals surface area contributed by atoms with Gasteiger partial charge in [0.25, 0.3) is 0 Å². The normalized spacial score (nSPS) is 38.6.